The largest absolute Gasteiger partial charge is 0.457 e. The number of rotatable bonds is 7. The third-order valence-corrected chi connectivity index (χ3v) is 4.31. The highest BCUT2D eigenvalue weighted by Crippen LogP contribution is 2.22. The summed E-state index contributed by atoms with van der Waals surface area (Å²) >= 11 is 0. The SMILES string of the molecule is O=C(COC(=O)/C=C/c1cccc(Oc2ccccc2)c1)NC1CCCC1. The van der Waals surface area contributed by atoms with Crippen LogP contribution in [0.4, 0.5) is 0 Å². The first-order valence-corrected chi connectivity index (χ1v) is 9.16. The van der Waals surface area contributed by atoms with Gasteiger partial charge in [0.05, 0.1) is 0 Å². The Bertz CT molecular complexity index is 795. The first kappa shape index (κ1) is 18.7. The van der Waals surface area contributed by atoms with Crippen LogP contribution < -0.4 is 10.1 Å². The number of amides is 1. The molecule has 1 saturated carbocycles. The second-order valence-electron chi connectivity index (χ2n) is 6.48. The topological polar surface area (TPSA) is 64.6 Å². The average Bonchev–Trinajstić information content (AvgIpc) is 3.19. The Morgan fingerprint density at radius 3 is 2.52 bits per heavy atom. The summed E-state index contributed by atoms with van der Waals surface area (Å²) in [6.45, 7) is -0.253. The Morgan fingerprint density at radius 2 is 1.74 bits per heavy atom. The van der Waals surface area contributed by atoms with Crippen LogP contribution in [-0.4, -0.2) is 24.5 Å². The molecule has 1 amide bonds. The Morgan fingerprint density at radius 1 is 1.00 bits per heavy atom. The lowest BCUT2D eigenvalue weighted by atomic mass is 10.2. The molecule has 2 aromatic carbocycles. The number of nitrogens with one attached hydrogen (secondary N) is 1. The van der Waals surface area contributed by atoms with Crippen molar-refractivity contribution >= 4 is 18.0 Å². The fourth-order valence-corrected chi connectivity index (χ4v) is 2.99. The predicted molar refractivity (Wildman–Crippen MR) is 103 cm³/mol. The van der Waals surface area contributed by atoms with E-state index in [0.717, 1.165) is 37.0 Å². The van der Waals surface area contributed by atoms with E-state index in [0.29, 0.717) is 5.75 Å². The molecule has 1 fully saturated rings. The molecule has 140 valence electrons. The van der Waals surface area contributed by atoms with Crippen LogP contribution in [0.3, 0.4) is 0 Å². The van der Waals surface area contributed by atoms with Crippen molar-refractivity contribution in [1.82, 2.24) is 5.32 Å². The van der Waals surface area contributed by atoms with E-state index in [1.54, 1.807) is 6.08 Å². The van der Waals surface area contributed by atoms with Crippen LogP contribution in [0.25, 0.3) is 6.08 Å². The van der Waals surface area contributed by atoms with Gasteiger partial charge in [-0.25, -0.2) is 4.79 Å². The molecule has 0 unspecified atom stereocenters. The summed E-state index contributed by atoms with van der Waals surface area (Å²) in [5.41, 5.74) is 0.802. The number of benzene rings is 2. The van der Waals surface area contributed by atoms with E-state index in [2.05, 4.69) is 5.32 Å². The van der Waals surface area contributed by atoms with Crippen LogP contribution in [0.2, 0.25) is 0 Å². The summed E-state index contributed by atoms with van der Waals surface area (Å²) in [6.07, 6.45) is 7.22. The van der Waals surface area contributed by atoms with Gasteiger partial charge < -0.3 is 14.8 Å². The number of ether oxygens (including phenoxy) is 2. The fraction of sp³-hybridized carbons (Fsp3) is 0.273. The van der Waals surface area contributed by atoms with Crippen molar-refractivity contribution in [2.45, 2.75) is 31.7 Å². The van der Waals surface area contributed by atoms with Crippen molar-refractivity contribution in [3.05, 3.63) is 66.2 Å². The first-order chi connectivity index (χ1) is 13.2. The molecule has 5 heteroatoms. The minimum atomic E-state index is -0.550. The van der Waals surface area contributed by atoms with E-state index in [1.165, 1.54) is 6.08 Å². The Balaban J connectivity index is 1.47. The molecular weight excluding hydrogens is 342 g/mol. The Labute approximate surface area is 159 Å². The molecule has 2 aromatic rings. The van der Waals surface area contributed by atoms with Crippen LogP contribution in [0.15, 0.2) is 60.7 Å². The molecule has 0 heterocycles. The molecule has 0 atom stereocenters. The highest BCUT2D eigenvalue weighted by atomic mass is 16.5. The van der Waals surface area contributed by atoms with Gasteiger partial charge in [0.25, 0.3) is 5.91 Å². The molecule has 0 radical (unpaired) electrons. The van der Waals surface area contributed by atoms with Gasteiger partial charge in [0, 0.05) is 12.1 Å². The summed E-state index contributed by atoms with van der Waals surface area (Å²) in [4.78, 5) is 23.6. The second-order valence-corrected chi connectivity index (χ2v) is 6.48. The third-order valence-electron chi connectivity index (χ3n) is 4.31. The molecule has 27 heavy (non-hydrogen) atoms. The monoisotopic (exact) mass is 365 g/mol. The number of para-hydroxylation sites is 1. The average molecular weight is 365 g/mol. The number of hydrogen-bond donors (Lipinski definition) is 1. The minimum absolute atomic E-state index is 0.221. The van der Waals surface area contributed by atoms with Crippen molar-refractivity contribution in [2.75, 3.05) is 6.61 Å². The smallest absolute Gasteiger partial charge is 0.331 e. The quantitative estimate of drug-likeness (QED) is 0.593. The maximum absolute atomic E-state index is 11.8. The van der Waals surface area contributed by atoms with Gasteiger partial charge in [-0.1, -0.05) is 43.2 Å². The van der Waals surface area contributed by atoms with E-state index < -0.39 is 5.97 Å². The van der Waals surface area contributed by atoms with Gasteiger partial charge >= 0.3 is 5.97 Å². The summed E-state index contributed by atoms with van der Waals surface area (Å²) in [6, 6.07) is 17.1. The maximum Gasteiger partial charge on any atom is 0.331 e. The lowest BCUT2D eigenvalue weighted by Gasteiger charge is -2.11. The zero-order valence-corrected chi connectivity index (χ0v) is 15.1. The van der Waals surface area contributed by atoms with Crippen LogP contribution in [-0.2, 0) is 14.3 Å². The second kappa shape index (κ2) is 9.57. The van der Waals surface area contributed by atoms with Gasteiger partial charge in [-0.05, 0) is 48.7 Å². The van der Waals surface area contributed by atoms with E-state index in [4.69, 9.17) is 9.47 Å². The number of hydrogen-bond acceptors (Lipinski definition) is 4. The molecule has 0 spiro atoms. The lowest BCUT2D eigenvalue weighted by molar-refractivity contribution is -0.144. The maximum atomic E-state index is 11.8. The van der Waals surface area contributed by atoms with Gasteiger partial charge in [0.2, 0.25) is 0 Å². The summed E-state index contributed by atoms with van der Waals surface area (Å²) in [5, 5.41) is 2.88. The van der Waals surface area contributed by atoms with Gasteiger partial charge in [-0.15, -0.1) is 0 Å². The number of esters is 1. The van der Waals surface area contributed by atoms with Crippen LogP contribution in [0.5, 0.6) is 11.5 Å². The Kier molecular flexibility index (Phi) is 6.63. The molecule has 0 aliphatic heterocycles. The predicted octanol–water partition coefficient (Wildman–Crippen LogP) is 4.09. The highest BCUT2D eigenvalue weighted by Gasteiger charge is 2.17. The fourth-order valence-electron chi connectivity index (χ4n) is 2.99. The molecule has 0 bridgehead atoms. The molecule has 1 N–H and O–H groups in total. The van der Waals surface area contributed by atoms with Crippen molar-refractivity contribution < 1.29 is 19.1 Å². The molecular formula is C22H23NO4. The van der Waals surface area contributed by atoms with Crippen LogP contribution >= 0.6 is 0 Å². The van der Waals surface area contributed by atoms with Crippen molar-refractivity contribution in [3.8, 4) is 11.5 Å². The summed E-state index contributed by atoms with van der Waals surface area (Å²) in [7, 11) is 0. The molecule has 1 aliphatic rings. The number of carbonyl (C=O) groups is 2. The van der Waals surface area contributed by atoms with Crippen LogP contribution in [0, 0.1) is 0 Å². The zero-order valence-electron chi connectivity index (χ0n) is 15.1. The Hall–Kier alpha value is -3.08. The first-order valence-electron chi connectivity index (χ1n) is 9.16. The normalized spacial score (nSPS) is 14.2. The molecule has 5 nitrogen and oxygen atoms in total. The van der Waals surface area contributed by atoms with Gasteiger partial charge in [-0.2, -0.15) is 0 Å². The van der Waals surface area contributed by atoms with Gasteiger partial charge in [0.1, 0.15) is 11.5 Å². The molecule has 3 rings (SSSR count). The van der Waals surface area contributed by atoms with E-state index in [-0.39, 0.29) is 18.6 Å². The van der Waals surface area contributed by atoms with E-state index in [9.17, 15) is 9.59 Å². The third kappa shape index (κ3) is 6.29. The van der Waals surface area contributed by atoms with E-state index >= 15 is 0 Å². The van der Waals surface area contributed by atoms with E-state index in [1.807, 2.05) is 54.6 Å². The highest BCUT2D eigenvalue weighted by molar-refractivity contribution is 5.89. The summed E-state index contributed by atoms with van der Waals surface area (Å²) in [5.74, 6) is 0.617. The van der Waals surface area contributed by atoms with Crippen molar-refractivity contribution in [3.63, 3.8) is 0 Å². The zero-order chi connectivity index (χ0) is 18.9. The van der Waals surface area contributed by atoms with Crippen molar-refractivity contribution in [2.24, 2.45) is 0 Å². The number of carbonyl (C=O) groups excluding carboxylic acids is 2. The molecule has 1 aliphatic carbocycles. The minimum Gasteiger partial charge on any atom is -0.457 e. The van der Waals surface area contributed by atoms with Gasteiger partial charge in [-0.3, -0.25) is 4.79 Å². The molecule has 0 aromatic heterocycles. The molecule has 0 saturated heterocycles. The lowest BCUT2D eigenvalue weighted by Crippen LogP contribution is -2.35. The standard InChI is InChI=1S/C22H23NO4/c24-21(23-18-8-4-5-9-18)16-26-22(25)14-13-17-7-6-12-20(15-17)27-19-10-2-1-3-11-19/h1-3,6-7,10-15,18H,4-5,8-9,16H2,(H,23,24)/b14-13+. The van der Waals surface area contributed by atoms with Gasteiger partial charge in [0.15, 0.2) is 6.61 Å². The van der Waals surface area contributed by atoms with Crippen molar-refractivity contribution in [1.29, 1.82) is 0 Å². The van der Waals surface area contributed by atoms with Crippen LogP contribution in [0.1, 0.15) is 31.2 Å². The summed E-state index contributed by atoms with van der Waals surface area (Å²) < 4.78 is 10.8.